The summed E-state index contributed by atoms with van der Waals surface area (Å²) < 4.78 is 14.4. The molecule has 0 spiro atoms. The van der Waals surface area contributed by atoms with Crippen molar-refractivity contribution >= 4 is 28.3 Å². The molecular weight excluding hydrogens is 268 g/mol. The van der Waals surface area contributed by atoms with Gasteiger partial charge in [-0.3, -0.25) is 10.1 Å². The topological polar surface area (TPSA) is 99.4 Å². The van der Waals surface area contributed by atoms with Crippen molar-refractivity contribution in [2.75, 3.05) is 17.8 Å². The first-order valence-electron chi connectivity index (χ1n) is 5.44. The van der Waals surface area contributed by atoms with E-state index in [0.717, 1.165) is 11.5 Å². The Morgan fingerprint density at radius 1 is 1.42 bits per heavy atom. The molecule has 8 heteroatoms. The van der Waals surface area contributed by atoms with Crippen LogP contribution >= 0.6 is 11.5 Å². The number of nitrogens with zero attached hydrogens (tertiary/aromatic N) is 2. The van der Waals surface area contributed by atoms with Crippen molar-refractivity contribution in [2.24, 2.45) is 0 Å². The summed E-state index contributed by atoms with van der Waals surface area (Å²) in [5, 5.41) is 3.07. The maximum atomic E-state index is 12.1. The van der Waals surface area contributed by atoms with Gasteiger partial charge in [0, 0.05) is 23.3 Å². The zero-order valence-corrected chi connectivity index (χ0v) is 10.8. The standard InChI is InChI=1S/C11H10N4O3S/c1-5-13-11(19-15-5)14-10(16)6-2-8-9(3-7(6)12)18-4-17-8/h2-3H,4,12H2,1H3,(H,13,14,15,16). The third kappa shape index (κ3) is 2.17. The van der Waals surface area contributed by atoms with Crippen LogP contribution in [0.1, 0.15) is 16.2 Å². The van der Waals surface area contributed by atoms with Crippen LogP contribution in [0.25, 0.3) is 0 Å². The van der Waals surface area contributed by atoms with Crippen LogP contribution in [0.3, 0.4) is 0 Å². The summed E-state index contributed by atoms with van der Waals surface area (Å²) in [5.74, 6) is 1.31. The molecule has 3 rings (SSSR count). The van der Waals surface area contributed by atoms with Gasteiger partial charge in [0.05, 0.1) is 5.56 Å². The van der Waals surface area contributed by atoms with Crippen molar-refractivity contribution in [2.45, 2.75) is 6.92 Å². The minimum atomic E-state index is -0.355. The normalized spacial score (nSPS) is 12.5. The van der Waals surface area contributed by atoms with Gasteiger partial charge in [-0.2, -0.15) is 4.37 Å². The molecule has 19 heavy (non-hydrogen) atoms. The molecule has 3 N–H and O–H groups in total. The highest BCUT2D eigenvalue weighted by Gasteiger charge is 2.20. The summed E-state index contributed by atoms with van der Waals surface area (Å²) in [4.78, 5) is 16.2. The first kappa shape index (κ1) is 11.7. The Labute approximate surface area is 112 Å². The quantitative estimate of drug-likeness (QED) is 0.806. The van der Waals surface area contributed by atoms with E-state index < -0.39 is 0 Å². The summed E-state index contributed by atoms with van der Waals surface area (Å²) in [5.41, 5.74) is 6.46. The molecule has 7 nitrogen and oxygen atoms in total. The van der Waals surface area contributed by atoms with E-state index in [9.17, 15) is 4.79 Å². The van der Waals surface area contributed by atoms with Crippen molar-refractivity contribution in [1.82, 2.24) is 9.36 Å². The van der Waals surface area contributed by atoms with Crippen molar-refractivity contribution in [1.29, 1.82) is 0 Å². The lowest BCUT2D eigenvalue weighted by Crippen LogP contribution is -2.13. The molecule has 1 aromatic heterocycles. The molecule has 0 unspecified atom stereocenters. The Morgan fingerprint density at radius 2 is 2.16 bits per heavy atom. The Morgan fingerprint density at radius 3 is 2.84 bits per heavy atom. The molecule has 1 amide bonds. The Balaban J connectivity index is 1.87. The highest BCUT2D eigenvalue weighted by atomic mass is 32.1. The molecule has 0 saturated carbocycles. The van der Waals surface area contributed by atoms with Gasteiger partial charge in [-0.25, -0.2) is 4.98 Å². The van der Waals surface area contributed by atoms with Crippen LogP contribution < -0.4 is 20.5 Å². The number of anilines is 2. The molecule has 1 aliphatic rings. The fourth-order valence-corrected chi connectivity index (χ4v) is 2.24. The van der Waals surface area contributed by atoms with Gasteiger partial charge >= 0.3 is 0 Å². The minimum absolute atomic E-state index is 0.134. The molecule has 1 aromatic carbocycles. The maximum Gasteiger partial charge on any atom is 0.259 e. The largest absolute Gasteiger partial charge is 0.454 e. The molecule has 2 heterocycles. The predicted molar refractivity (Wildman–Crippen MR) is 69.6 cm³/mol. The molecule has 0 saturated heterocycles. The van der Waals surface area contributed by atoms with Gasteiger partial charge in [0.2, 0.25) is 11.9 Å². The number of amides is 1. The number of carbonyl (C=O) groups excluding carboxylic acids is 1. The average Bonchev–Trinajstić information content (AvgIpc) is 2.96. The zero-order valence-electron chi connectivity index (χ0n) is 9.97. The summed E-state index contributed by atoms with van der Waals surface area (Å²) in [7, 11) is 0. The van der Waals surface area contributed by atoms with Gasteiger partial charge in [-0.15, -0.1) is 0 Å². The highest BCUT2D eigenvalue weighted by Crippen LogP contribution is 2.36. The second-order valence-corrected chi connectivity index (χ2v) is 4.65. The van der Waals surface area contributed by atoms with Crippen molar-refractivity contribution in [3.05, 3.63) is 23.5 Å². The van der Waals surface area contributed by atoms with Crippen LogP contribution in [0.5, 0.6) is 11.5 Å². The molecule has 0 fully saturated rings. The fourth-order valence-electron chi connectivity index (χ4n) is 1.67. The fraction of sp³-hybridized carbons (Fsp3) is 0.182. The third-order valence-corrected chi connectivity index (χ3v) is 3.26. The third-order valence-electron chi connectivity index (χ3n) is 2.54. The Bertz CT molecular complexity index is 655. The number of hydrogen-bond acceptors (Lipinski definition) is 7. The van der Waals surface area contributed by atoms with E-state index in [1.165, 1.54) is 0 Å². The van der Waals surface area contributed by atoms with Gasteiger partial charge in [0.1, 0.15) is 5.82 Å². The second kappa shape index (κ2) is 4.39. The van der Waals surface area contributed by atoms with Gasteiger partial charge in [0.25, 0.3) is 5.91 Å². The van der Waals surface area contributed by atoms with Crippen molar-refractivity contribution in [3.8, 4) is 11.5 Å². The molecule has 1 aliphatic heterocycles. The molecule has 0 aliphatic carbocycles. The van der Waals surface area contributed by atoms with Crippen molar-refractivity contribution < 1.29 is 14.3 Å². The van der Waals surface area contributed by atoms with Crippen LogP contribution in [0.15, 0.2) is 12.1 Å². The first-order valence-corrected chi connectivity index (χ1v) is 6.21. The zero-order chi connectivity index (χ0) is 13.4. The SMILES string of the molecule is Cc1nsc(NC(=O)c2cc3c(cc2N)OCO3)n1. The summed E-state index contributed by atoms with van der Waals surface area (Å²) in [6, 6.07) is 3.13. The highest BCUT2D eigenvalue weighted by molar-refractivity contribution is 7.09. The van der Waals surface area contributed by atoms with E-state index in [1.54, 1.807) is 19.1 Å². The summed E-state index contributed by atoms with van der Waals surface area (Å²) >= 11 is 1.11. The van der Waals surface area contributed by atoms with Crippen LogP contribution in [0.2, 0.25) is 0 Å². The second-order valence-electron chi connectivity index (χ2n) is 3.89. The van der Waals surface area contributed by atoms with Crippen LogP contribution in [-0.2, 0) is 0 Å². The summed E-state index contributed by atoms with van der Waals surface area (Å²) in [6.45, 7) is 1.89. The van der Waals surface area contributed by atoms with E-state index >= 15 is 0 Å². The number of rotatable bonds is 2. The smallest absolute Gasteiger partial charge is 0.259 e. The number of nitrogens with one attached hydrogen (secondary N) is 1. The number of nitrogen functional groups attached to an aromatic ring is 1. The average molecular weight is 278 g/mol. The Hall–Kier alpha value is -2.35. The lowest BCUT2D eigenvalue weighted by Gasteiger charge is -2.06. The number of fused-ring (bicyclic) bond motifs is 1. The minimum Gasteiger partial charge on any atom is -0.454 e. The molecule has 0 radical (unpaired) electrons. The molecule has 0 bridgehead atoms. The maximum absolute atomic E-state index is 12.1. The van der Waals surface area contributed by atoms with Crippen LogP contribution in [0, 0.1) is 6.92 Å². The van der Waals surface area contributed by atoms with Crippen LogP contribution in [-0.4, -0.2) is 22.1 Å². The molecular formula is C11H10N4O3S. The van der Waals surface area contributed by atoms with Gasteiger partial charge in [-0.05, 0) is 13.0 Å². The number of benzene rings is 1. The van der Waals surface area contributed by atoms with Gasteiger partial charge in [0.15, 0.2) is 11.5 Å². The number of aryl methyl sites for hydroxylation is 1. The molecule has 0 atom stereocenters. The van der Waals surface area contributed by atoms with Crippen LogP contribution in [0.4, 0.5) is 10.8 Å². The monoisotopic (exact) mass is 278 g/mol. The number of carbonyl (C=O) groups is 1. The lowest BCUT2D eigenvalue weighted by atomic mass is 10.1. The van der Waals surface area contributed by atoms with E-state index in [1.807, 2.05) is 0 Å². The molecule has 2 aromatic rings. The van der Waals surface area contributed by atoms with E-state index in [4.69, 9.17) is 15.2 Å². The number of hydrogen-bond donors (Lipinski definition) is 2. The van der Waals surface area contributed by atoms with Gasteiger partial charge in [-0.1, -0.05) is 0 Å². The first-order chi connectivity index (χ1) is 9.13. The molecule has 98 valence electrons. The lowest BCUT2D eigenvalue weighted by molar-refractivity contribution is 0.102. The Kier molecular flexibility index (Phi) is 2.71. The number of aromatic nitrogens is 2. The van der Waals surface area contributed by atoms with E-state index in [2.05, 4.69) is 14.7 Å². The number of ether oxygens (including phenoxy) is 2. The van der Waals surface area contributed by atoms with E-state index in [0.29, 0.717) is 33.7 Å². The van der Waals surface area contributed by atoms with Crippen molar-refractivity contribution in [3.63, 3.8) is 0 Å². The number of nitrogens with two attached hydrogens (primary N) is 1. The summed E-state index contributed by atoms with van der Waals surface area (Å²) in [6.07, 6.45) is 0. The van der Waals surface area contributed by atoms with E-state index in [-0.39, 0.29) is 12.7 Å². The van der Waals surface area contributed by atoms with Gasteiger partial charge < -0.3 is 15.2 Å². The predicted octanol–water partition coefficient (Wildman–Crippen LogP) is 1.41.